The number of para-hydroxylation sites is 1. The van der Waals surface area contributed by atoms with Gasteiger partial charge in [-0.15, -0.1) is 34.2 Å². The van der Waals surface area contributed by atoms with Crippen LogP contribution in [0.15, 0.2) is 59.9 Å². The molecule has 0 saturated carbocycles. The van der Waals surface area contributed by atoms with Crippen LogP contribution in [0.5, 0.6) is 11.5 Å². The van der Waals surface area contributed by atoms with Gasteiger partial charge in [0.05, 0.1) is 14.2 Å². The second-order valence-corrected chi connectivity index (χ2v) is 6.02. The average molecular weight is 508 g/mol. The van der Waals surface area contributed by atoms with E-state index in [1.807, 2.05) is 53.1 Å². The van der Waals surface area contributed by atoms with Crippen LogP contribution in [-0.2, 0) is 13.0 Å². The van der Waals surface area contributed by atoms with Crippen LogP contribution in [0.25, 0.3) is 5.69 Å². The molecule has 0 atom stereocenters. The van der Waals surface area contributed by atoms with Gasteiger partial charge < -0.3 is 20.5 Å². The highest BCUT2D eigenvalue weighted by Gasteiger charge is 2.06. The SMILES string of the molecule is COc1ccc(CCNC(N)=NCc2nncn2-c2ccccc2)cc1OC.I. The highest BCUT2D eigenvalue weighted by Crippen LogP contribution is 2.27. The number of halogens is 1. The van der Waals surface area contributed by atoms with E-state index in [9.17, 15) is 0 Å². The topological polar surface area (TPSA) is 99.6 Å². The first-order chi connectivity index (χ1) is 13.7. The Morgan fingerprint density at radius 3 is 2.59 bits per heavy atom. The summed E-state index contributed by atoms with van der Waals surface area (Å²) in [6, 6.07) is 15.7. The molecule has 1 heterocycles. The van der Waals surface area contributed by atoms with Crippen LogP contribution in [0.2, 0.25) is 0 Å². The molecule has 0 aliphatic heterocycles. The minimum atomic E-state index is 0. The van der Waals surface area contributed by atoms with E-state index in [1.54, 1.807) is 20.5 Å². The maximum absolute atomic E-state index is 5.98. The Labute approximate surface area is 187 Å². The fourth-order valence-electron chi connectivity index (χ4n) is 2.75. The molecule has 154 valence electrons. The van der Waals surface area contributed by atoms with E-state index in [4.69, 9.17) is 15.2 Å². The Bertz CT molecular complexity index is 930. The Morgan fingerprint density at radius 1 is 1.10 bits per heavy atom. The molecule has 29 heavy (non-hydrogen) atoms. The Kier molecular flexibility index (Phi) is 8.71. The maximum atomic E-state index is 5.98. The van der Waals surface area contributed by atoms with Crippen molar-refractivity contribution in [1.82, 2.24) is 20.1 Å². The molecule has 3 aromatic rings. The molecule has 0 fully saturated rings. The lowest BCUT2D eigenvalue weighted by Crippen LogP contribution is -2.33. The molecule has 0 saturated heterocycles. The lowest BCUT2D eigenvalue weighted by Gasteiger charge is -2.10. The molecule has 0 aliphatic carbocycles. The Morgan fingerprint density at radius 2 is 1.86 bits per heavy atom. The minimum Gasteiger partial charge on any atom is -0.493 e. The third kappa shape index (κ3) is 6.08. The number of hydrogen-bond acceptors (Lipinski definition) is 5. The van der Waals surface area contributed by atoms with Gasteiger partial charge in [-0.2, -0.15) is 0 Å². The molecule has 3 rings (SSSR count). The number of aliphatic imine (C=N–C) groups is 1. The van der Waals surface area contributed by atoms with E-state index in [-0.39, 0.29) is 24.0 Å². The third-order valence-corrected chi connectivity index (χ3v) is 4.21. The van der Waals surface area contributed by atoms with Crippen molar-refractivity contribution in [3.05, 3.63) is 66.2 Å². The maximum Gasteiger partial charge on any atom is 0.189 e. The van der Waals surface area contributed by atoms with E-state index < -0.39 is 0 Å². The van der Waals surface area contributed by atoms with E-state index in [0.717, 1.165) is 23.5 Å². The molecule has 2 aromatic carbocycles. The van der Waals surface area contributed by atoms with Gasteiger partial charge in [-0.1, -0.05) is 24.3 Å². The van der Waals surface area contributed by atoms with Crippen molar-refractivity contribution in [2.45, 2.75) is 13.0 Å². The molecular formula is C20H25IN6O2. The number of nitrogens with one attached hydrogen (secondary N) is 1. The van der Waals surface area contributed by atoms with Gasteiger partial charge in [0, 0.05) is 12.2 Å². The summed E-state index contributed by atoms with van der Waals surface area (Å²) in [6.07, 6.45) is 2.44. The highest BCUT2D eigenvalue weighted by atomic mass is 127. The first kappa shape index (κ1) is 22.5. The molecule has 9 heteroatoms. The summed E-state index contributed by atoms with van der Waals surface area (Å²) in [5.74, 6) is 2.50. The van der Waals surface area contributed by atoms with Crippen molar-refractivity contribution < 1.29 is 9.47 Å². The van der Waals surface area contributed by atoms with Crippen LogP contribution in [0, 0.1) is 0 Å². The Balaban J connectivity index is 0.00000300. The number of guanidine groups is 1. The predicted molar refractivity (Wildman–Crippen MR) is 123 cm³/mol. The van der Waals surface area contributed by atoms with Crippen molar-refractivity contribution >= 4 is 29.9 Å². The number of ether oxygens (including phenoxy) is 2. The van der Waals surface area contributed by atoms with E-state index in [2.05, 4.69) is 20.5 Å². The number of nitrogens with zero attached hydrogens (tertiary/aromatic N) is 4. The zero-order chi connectivity index (χ0) is 19.8. The number of rotatable bonds is 8. The molecule has 0 aliphatic rings. The predicted octanol–water partition coefficient (Wildman–Crippen LogP) is 2.55. The molecule has 0 spiro atoms. The van der Waals surface area contributed by atoms with E-state index >= 15 is 0 Å². The third-order valence-electron chi connectivity index (χ3n) is 4.21. The molecule has 3 N–H and O–H groups in total. The minimum absolute atomic E-state index is 0. The molecule has 0 radical (unpaired) electrons. The molecule has 1 aromatic heterocycles. The highest BCUT2D eigenvalue weighted by molar-refractivity contribution is 14.0. The van der Waals surface area contributed by atoms with Crippen molar-refractivity contribution in [2.24, 2.45) is 10.7 Å². The van der Waals surface area contributed by atoms with Crippen molar-refractivity contribution in [1.29, 1.82) is 0 Å². The summed E-state index contributed by atoms with van der Waals surface area (Å²) in [5, 5.41) is 11.2. The fourth-order valence-corrected chi connectivity index (χ4v) is 2.75. The Hall–Kier alpha value is -2.82. The van der Waals surface area contributed by atoms with Crippen molar-refractivity contribution in [2.75, 3.05) is 20.8 Å². The lowest BCUT2D eigenvalue weighted by atomic mass is 10.1. The quantitative estimate of drug-likeness (QED) is 0.276. The summed E-state index contributed by atoms with van der Waals surface area (Å²) in [4.78, 5) is 4.36. The van der Waals surface area contributed by atoms with Crippen molar-refractivity contribution in [3.63, 3.8) is 0 Å². The number of benzene rings is 2. The zero-order valence-corrected chi connectivity index (χ0v) is 18.7. The van der Waals surface area contributed by atoms with Crippen LogP contribution in [0.1, 0.15) is 11.4 Å². The summed E-state index contributed by atoms with van der Waals surface area (Å²) < 4.78 is 12.5. The number of hydrogen-bond donors (Lipinski definition) is 2. The summed E-state index contributed by atoms with van der Waals surface area (Å²) >= 11 is 0. The van der Waals surface area contributed by atoms with Gasteiger partial charge in [0.1, 0.15) is 12.9 Å². The summed E-state index contributed by atoms with van der Waals surface area (Å²) in [7, 11) is 3.24. The van der Waals surface area contributed by atoms with Crippen LogP contribution in [-0.4, -0.2) is 41.5 Å². The van der Waals surface area contributed by atoms with Gasteiger partial charge in [-0.25, -0.2) is 4.99 Å². The normalized spacial score (nSPS) is 10.9. The van der Waals surface area contributed by atoms with E-state index in [0.29, 0.717) is 30.5 Å². The molecule has 8 nitrogen and oxygen atoms in total. The second-order valence-electron chi connectivity index (χ2n) is 6.02. The number of nitrogens with two attached hydrogens (primary N) is 1. The smallest absolute Gasteiger partial charge is 0.189 e. The number of aromatic nitrogens is 3. The average Bonchev–Trinajstić information content (AvgIpc) is 3.21. The monoisotopic (exact) mass is 508 g/mol. The van der Waals surface area contributed by atoms with Gasteiger partial charge in [0.25, 0.3) is 0 Å². The van der Waals surface area contributed by atoms with E-state index in [1.165, 1.54) is 0 Å². The van der Waals surface area contributed by atoms with Gasteiger partial charge in [0.2, 0.25) is 0 Å². The molecule has 0 unspecified atom stereocenters. The van der Waals surface area contributed by atoms with Gasteiger partial charge in [-0.05, 0) is 36.2 Å². The van der Waals surface area contributed by atoms with Crippen LogP contribution >= 0.6 is 24.0 Å². The van der Waals surface area contributed by atoms with Crippen molar-refractivity contribution in [3.8, 4) is 17.2 Å². The standard InChI is InChI=1S/C20H24N6O2.HI/c1-27-17-9-8-15(12-18(17)28-2)10-11-22-20(21)23-13-19-25-24-14-26(19)16-6-4-3-5-7-16;/h3-9,12,14H,10-11,13H2,1-2H3,(H3,21,22,23);1H. The largest absolute Gasteiger partial charge is 0.493 e. The molecule has 0 amide bonds. The van der Waals surface area contributed by atoms with Crippen LogP contribution < -0.4 is 20.5 Å². The molecular weight excluding hydrogens is 483 g/mol. The second kappa shape index (κ2) is 11.2. The summed E-state index contributed by atoms with van der Waals surface area (Å²) in [6.45, 7) is 0.986. The zero-order valence-electron chi connectivity index (χ0n) is 16.4. The fraction of sp³-hybridized carbons (Fsp3) is 0.250. The summed E-state index contributed by atoms with van der Waals surface area (Å²) in [5.41, 5.74) is 8.08. The van der Waals surface area contributed by atoms with Gasteiger partial charge in [0.15, 0.2) is 23.3 Å². The van der Waals surface area contributed by atoms with Crippen LogP contribution in [0.3, 0.4) is 0 Å². The molecule has 0 bridgehead atoms. The van der Waals surface area contributed by atoms with Gasteiger partial charge >= 0.3 is 0 Å². The number of methoxy groups -OCH3 is 2. The first-order valence-corrected chi connectivity index (χ1v) is 8.90. The first-order valence-electron chi connectivity index (χ1n) is 8.90. The lowest BCUT2D eigenvalue weighted by molar-refractivity contribution is 0.354. The van der Waals surface area contributed by atoms with Gasteiger partial charge in [-0.3, -0.25) is 4.57 Å². The van der Waals surface area contributed by atoms with Crippen LogP contribution in [0.4, 0.5) is 0 Å².